The molecule has 0 aliphatic carbocycles. The molecule has 2 N–H and O–H groups in total. The van der Waals surface area contributed by atoms with Gasteiger partial charge < -0.3 is 10.3 Å². The van der Waals surface area contributed by atoms with Gasteiger partial charge in [0, 0.05) is 29.9 Å². The average Bonchev–Trinajstić information content (AvgIpc) is 2.85. The Bertz CT molecular complexity index is 710. The van der Waals surface area contributed by atoms with Crippen LogP contribution in [0, 0.1) is 6.92 Å². The average molecular weight is 263 g/mol. The Morgan fingerprint density at radius 3 is 3.06 bits per heavy atom. The van der Waals surface area contributed by atoms with E-state index in [0.717, 1.165) is 40.4 Å². The molecule has 5 heteroatoms. The number of rotatable bonds is 3. The van der Waals surface area contributed by atoms with Crippen molar-refractivity contribution < 1.29 is 0 Å². The first-order chi connectivity index (χ1) is 8.69. The molecule has 0 bridgehead atoms. The monoisotopic (exact) mass is 262 g/mol. The predicted octanol–water partition coefficient (Wildman–Crippen LogP) is 2.54. The third-order valence-corrected chi connectivity index (χ3v) is 3.37. The summed E-state index contributed by atoms with van der Waals surface area (Å²) in [5.74, 6) is 0.876. The zero-order chi connectivity index (χ0) is 12.7. The van der Waals surface area contributed by atoms with Gasteiger partial charge in [0.05, 0.1) is 11.0 Å². The maximum Gasteiger partial charge on any atom is 0.212 e. The lowest BCUT2D eigenvalue weighted by molar-refractivity contribution is 0.780. The lowest BCUT2D eigenvalue weighted by atomic mass is 10.2. The summed E-state index contributed by atoms with van der Waals surface area (Å²) in [6.45, 7) is 2.98. The van der Waals surface area contributed by atoms with Gasteiger partial charge in [0.25, 0.3) is 0 Å². The highest BCUT2D eigenvalue weighted by atomic mass is 35.5. The zero-order valence-electron chi connectivity index (χ0n) is 10.4. The molecular weight excluding hydrogens is 248 g/mol. The molecule has 94 valence electrons. The van der Waals surface area contributed by atoms with Crippen molar-refractivity contribution in [3.63, 3.8) is 0 Å². The second kappa shape index (κ2) is 4.30. The Balaban J connectivity index is 2.18. The number of imidazole rings is 2. The first-order valence-electron chi connectivity index (χ1n) is 5.99. The van der Waals surface area contributed by atoms with Crippen molar-refractivity contribution in [1.82, 2.24) is 19.7 Å². The molecule has 2 aromatic heterocycles. The highest BCUT2D eigenvalue weighted by Crippen LogP contribution is 2.24. The summed E-state index contributed by atoms with van der Waals surface area (Å²) in [5, 5.41) is 3.89. The maximum atomic E-state index is 6.11. The fourth-order valence-corrected chi connectivity index (χ4v) is 2.53. The van der Waals surface area contributed by atoms with Crippen LogP contribution in [0.3, 0.4) is 0 Å². The van der Waals surface area contributed by atoms with E-state index < -0.39 is 0 Å². The van der Waals surface area contributed by atoms with E-state index in [0.29, 0.717) is 0 Å². The van der Waals surface area contributed by atoms with Crippen molar-refractivity contribution in [3.8, 4) is 0 Å². The van der Waals surface area contributed by atoms with E-state index in [2.05, 4.69) is 25.9 Å². The quantitative estimate of drug-likeness (QED) is 0.762. The number of H-pyrrole nitrogens is 1. The molecule has 0 unspecified atom stereocenters. The number of halogens is 1. The van der Waals surface area contributed by atoms with E-state index in [9.17, 15) is 0 Å². The lowest BCUT2D eigenvalue weighted by Crippen LogP contribution is -2.10. The SMILES string of the molecule is CNCCc1cn2c(nc3c(C)cc(Cl)cc32)[nH]1. The van der Waals surface area contributed by atoms with Gasteiger partial charge in [-0.25, -0.2) is 4.98 Å². The number of benzene rings is 1. The molecule has 18 heavy (non-hydrogen) atoms. The number of nitrogens with one attached hydrogen (secondary N) is 2. The molecule has 0 spiro atoms. The molecule has 3 rings (SSSR count). The van der Waals surface area contributed by atoms with Crippen LogP contribution < -0.4 is 5.32 Å². The number of aromatic nitrogens is 3. The first-order valence-corrected chi connectivity index (χ1v) is 6.37. The molecule has 0 saturated carbocycles. The van der Waals surface area contributed by atoms with Crippen LogP contribution in [0.5, 0.6) is 0 Å². The van der Waals surface area contributed by atoms with E-state index >= 15 is 0 Å². The summed E-state index contributed by atoms with van der Waals surface area (Å²) in [7, 11) is 1.95. The Hall–Kier alpha value is -1.52. The predicted molar refractivity (Wildman–Crippen MR) is 74.4 cm³/mol. The number of aryl methyl sites for hydroxylation is 1. The largest absolute Gasteiger partial charge is 0.327 e. The molecule has 3 aromatic rings. The molecular formula is C13H15ClN4. The number of nitrogens with zero attached hydrogens (tertiary/aromatic N) is 2. The smallest absolute Gasteiger partial charge is 0.212 e. The molecule has 0 atom stereocenters. The number of fused-ring (bicyclic) bond motifs is 3. The van der Waals surface area contributed by atoms with E-state index in [4.69, 9.17) is 11.6 Å². The number of hydrogen-bond acceptors (Lipinski definition) is 2. The van der Waals surface area contributed by atoms with Gasteiger partial charge in [-0.05, 0) is 31.7 Å². The lowest BCUT2D eigenvalue weighted by Gasteiger charge is -1.97. The van der Waals surface area contributed by atoms with Crippen LogP contribution in [0.2, 0.25) is 5.02 Å². The molecule has 0 fully saturated rings. The fourth-order valence-electron chi connectivity index (χ4n) is 2.26. The number of likely N-dealkylation sites (N-methyl/N-ethyl adjacent to an activating group) is 1. The molecule has 2 heterocycles. The molecule has 0 radical (unpaired) electrons. The van der Waals surface area contributed by atoms with Crippen molar-refractivity contribution in [2.45, 2.75) is 13.3 Å². The van der Waals surface area contributed by atoms with Gasteiger partial charge in [-0.15, -0.1) is 0 Å². The van der Waals surface area contributed by atoms with E-state index in [1.807, 2.05) is 26.1 Å². The summed E-state index contributed by atoms with van der Waals surface area (Å²) in [4.78, 5) is 7.95. The Kier molecular flexibility index (Phi) is 2.76. The summed E-state index contributed by atoms with van der Waals surface area (Å²) >= 11 is 6.11. The Morgan fingerprint density at radius 1 is 1.44 bits per heavy atom. The second-order valence-corrected chi connectivity index (χ2v) is 4.97. The summed E-state index contributed by atoms with van der Waals surface area (Å²) in [5.41, 5.74) is 4.34. The normalized spacial score (nSPS) is 11.7. The highest BCUT2D eigenvalue weighted by molar-refractivity contribution is 6.31. The zero-order valence-corrected chi connectivity index (χ0v) is 11.2. The van der Waals surface area contributed by atoms with Crippen LogP contribution in [0.15, 0.2) is 18.3 Å². The van der Waals surface area contributed by atoms with Crippen molar-refractivity contribution in [3.05, 3.63) is 34.6 Å². The molecule has 0 aliphatic heterocycles. The van der Waals surface area contributed by atoms with Crippen molar-refractivity contribution >= 4 is 28.4 Å². The standard InChI is InChI=1S/C13H15ClN4/c1-8-5-9(14)6-11-12(8)17-13-16-10(3-4-15-2)7-18(11)13/h5-7,15H,3-4H2,1-2H3,(H,16,17). The third-order valence-electron chi connectivity index (χ3n) is 3.15. The molecule has 0 amide bonds. The third kappa shape index (κ3) is 1.78. The number of hydrogen-bond donors (Lipinski definition) is 2. The van der Waals surface area contributed by atoms with Gasteiger partial charge in [0.2, 0.25) is 5.78 Å². The van der Waals surface area contributed by atoms with Gasteiger partial charge >= 0.3 is 0 Å². The van der Waals surface area contributed by atoms with Gasteiger partial charge in [0.1, 0.15) is 0 Å². The summed E-state index contributed by atoms with van der Waals surface area (Å²) in [6, 6.07) is 3.90. The van der Waals surface area contributed by atoms with Crippen LogP contribution in [0.4, 0.5) is 0 Å². The maximum absolute atomic E-state index is 6.11. The van der Waals surface area contributed by atoms with E-state index in [-0.39, 0.29) is 0 Å². The molecule has 0 aliphatic rings. The van der Waals surface area contributed by atoms with Gasteiger partial charge in [-0.3, -0.25) is 4.40 Å². The van der Waals surface area contributed by atoms with Crippen molar-refractivity contribution in [2.75, 3.05) is 13.6 Å². The summed E-state index contributed by atoms with van der Waals surface area (Å²) < 4.78 is 2.07. The Labute approximate surface area is 110 Å². The van der Waals surface area contributed by atoms with Crippen LogP contribution in [-0.2, 0) is 6.42 Å². The highest BCUT2D eigenvalue weighted by Gasteiger charge is 2.10. The molecule has 4 nitrogen and oxygen atoms in total. The topological polar surface area (TPSA) is 45.1 Å². The fraction of sp³-hybridized carbons (Fsp3) is 0.308. The van der Waals surface area contributed by atoms with Crippen molar-refractivity contribution in [1.29, 1.82) is 0 Å². The first kappa shape index (κ1) is 11.6. The minimum Gasteiger partial charge on any atom is -0.327 e. The molecule has 1 aromatic carbocycles. The Morgan fingerprint density at radius 2 is 2.28 bits per heavy atom. The minimum absolute atomic E-state index is 0.750. The molecule has 0 saturated heterocycles. The summed E-state index contributed by atoms with van der Waals surface area (Å²) in [6.07, 6.45) is 3.05. The van der Waals surface area contributed by atoms with E-state index in [1.165, 1.54) is 5.69 Å². The van der Waals surface area contributed by atoms with Crippen molar-refractivity contribution in [2.24, 2.45) is 0 Å². The van der Waals surface area contributed by atoms with Crippen LogP contribution >= 0.6 is 11.6 Å². The van der Waals surface area contributed by atoms with Gasteiger partial charge in [-0.1, -0.05) is 11.6 Å². The van der Waals surface area contributed by atoms with Crippen LogP contribution in [0.1, 0.15) is 11.3 Å². The number of aromatic amines is 1. The van der Waals surface area contributed by atoms with Gasteiger partial charge in [0.15, 0.2) is 0 Å². The van der Waals surface area contributed by atoms with Gasteiger partial charge in [-0.2, -0.15) is 0 Å². The van der Waals surface area contributed by atoms with Crippen LogP contribution in [-0.4, -0.2) is 28.0 Å². The minimum atomic E-state index is 0.750. The second-order valence-electron chi connectivity index (χ2n) is 4.53. The van der Waals surface area contributed by atoms with E-state index in [1.54, 1.807) is 0 Å². The van der Waals surface area contributed by atoms with Crippen LogP contribution in [0.25, 0.3) is 16.8 Å².